The zero-order valence-corrected chi connectivity index (χ0v) is 12.7. The maximum Gasteiger partial charge on any atom is 0.227 e. The van der Waals surface area contributed by atoms with Crippen molar-refractivity contribution in [3.05, 3.63) is 64.5 Å². The van der Waals surface area contributed by atoms with E-state index in [1.807, 2.05) is 0 Å². The molecule has 0 aliphatic carbocycles. The zero-order valence-electron chi connectivity index (χ0n) is 12.7. The molecule has 8 heteroatoms. The molecule has 1 atom stereocenters. The number of para-hydroxylation sites is 1. The molecule has 0 bridgehead atoms. The van der Waals surface area contributed by atoms with Gasteiger partial charge in [-0.3, -0.25) is 4.79 Å². The lowest BCUT2D eigenvalue weighted by Crippen LogP contribution is -2.37. The van der Waals surface area contributed by atoms with E-state index >= 15 is 0 Å². The van der Waals surface area contributed by atoms with Gasteiger partial charge < -0.3 is 10.1 Å². The first-order valence-electron chi connectivity index (χ1n) is 7.39. The van der Waals surface area contributed by atoms with Crippen LogP contribution >= 0.6 is 0 Å². The van der Waals surface area contributed by atoms with Crippen LogP contribution in [0.1, 0.15) is 11.1 Å². The second-order valence-corrected chi connectivity index (χ2v) is 5.59. The molecule has 1 heterocycles. The van der Waals surface area contributed by atoms with Crippen LogP contribution in [-0.2, 0) is 17.8 Å². The second-order valence-electron chi connectivity index (χ2n) is 5.59. The minimum absolute atomic E-state index is 0.0555. The number of rotatable bonds is 3. The van der Waals surface area contributed by atoms with Gasteiger partial charge in [-0.05, 0) is 18.1 Å². The third-order valence-corrected chi connectivity index (χ3v) is 3.99. The molecular weight excluding hydrogens is 345 g/mol. The van der Waals surface area contributed by atoms with E-state index in [9.17, 15) is 26.7 Å². The summed E-state index contributed by atoms with van der Waals surface area (Å²) in [5.41, 5.74) is -0.285. The van der Waals surface area contributed by atoms with Crippen molar-refractivity contribution < 1.29 is 31.5 Å². The Morgan fingerprint density at radius 1 is 1.00 bits per heavy atom. The lowest BCUT2D eigenvalue weighted by molar-refractivity contribution is -0.126. The summed E-state index contributed by atoms with van der Waals surface area (Å²) in [7, 11) is 0. The highest BCUT2D eigenvalue weighted by Crippen LogP contribution is 2.27. The monoisotopic (exact) mass is 357 g/mol. The van der Waals surface area contributed by atoms with E-state index in [0.717, 1.165) is 5.56 Å². The summed E-state index contributed by atoms with van der Waals surface area (Å²) in [5, 5.41) is 2.20. The van der Waals surface area contributed by atoms with Crippen LogP contribution in [0.15, 0.2) is 24.3 Å². The molecule has 1 amide bonds. The summed E-state index contributed by atoms with van der Waals surface area (Å²) in [6.07, 6.45) is 0.346. The van der Waals surface area contributed by atoms with Crippen molar-refractivity contribution in [2.24, 2.45) is 5.92 Å². The van der Waals surface area contributed by atoms with Crippen molar-refractivity contribution >= 4 is 5.91 Å². The molecule has 132 valence electrons. The van der Waals surface area contributed by atoms with Crippen molar-refractivity contribution in [1.82, 2.24) is 5.32 Å². The van der Waals surface area contributed by atoms with Crippen LogP contribution in [0, 0.1) is 35.0 Å². The van der Waals surface area contributed by atoms with Crippen LogP contribution in [0.5, 0.6) is 5.75 Å². The predicted octanol–water partition coefficient (Wildman–Crippen LogP) is 3.25. The highest BCUT2D eigenvalue weighted by atomic mass is 19.2. The molecule has 1 aliphatic heterocycles. The molecule has 0 saturated carbocycles. The number of hydrogen-bond donors (Lipinski definition) is 1. The fourth-order valence-electron chi connectivity index (χ4n) is 2.62. The average Bonchev–Trinajstić information content (AvgIpc) is 2.64. The SMILES string of the molecule is O=C(NCc1c(F)c(F)c(F)c(F)c1F)C1COc2ccccc2C1. The minimum atomic E-state index is -2.23. The highest BCUT2D eigenvalue weighted by molar-refractivity contribution is 5.79. The smallest absolute Gasteiger partial charge is 0.227 e. The Morgan fingerprint density at radius 2 is 1.60 bits per heavy atom. The summed E-state index contributed by atoms with van der Waals surface area (Å²) in [4.78, 5) is 12.1. The number of nitrogens with one attached hydrogen (secondary N) is 1. The van der Waals surface area contributed by atoms with E-state index in [4.69, 9.17) is 4.74 Å². The lowest BCUT2D eigenvalue weighted by Gasteiger charge is -2.24. The van der Waals surface area contributed by atoms with E-state index in [1.165, 1.54) is 0 Å². The Labute approximate surface area is 139 Å². The molecule has 2 aromatic rings. The molecule has 0 radical (unpaired) electrons. The van der Waals surface area contributed by atoms with E-state index in [0.29, 0.717) is 12.2 Å². The fourth-order valence-corrected chi connectivity index (χ4v) is 2.62. The summed E-state index contributed by atoms with van der Waals surface area (Å²) in [6, 6.07) is 7.08. The first-order chi connectivity index (χ1) is 11.9. The Bertz CT molecular complexity index is 811. The van der Waals surface area contributed by atoms with Crippen molar-refractivity contribution in [3.8, 4) is 5.75 Å². The van der Waals surface area contributed by atoms with E-state index in [1.54, 1.807) is 24.3 Å². The van der Waals surface area contributed by atoms with Gasteiger partial charge in [-0.1, -0.05) is 18.2 Å². The molecule has 3 nitrogen and oxygen atoms in total. The van der Waals surface area contributed by atoms with E-state index in [2.05, 4.69) is 5.32 Å². The lowest BCUT2D eigenvalue weighted by atomic mass is 9.96. The van der Waals surface area contributed by atoms with Gasteiger partial charge in [-0.25, -0.2) is 22.0 Å². The molecule has 3 rings (SSSR count). The average molecular weight is 357 g/mol. The van der Waals surface area contributed by atoms with Crippen LogP contribution in [0.4, 0.5) is 22.0 Å². The van der Waals surface area contributed by atoms with Gasteiger partial charge in [-0.15, -0.1) is 0 Å². The van der Waals surface area contributed by atoms with Crippen LogP contribution in [0.3, 0.4) is 0 Å². The second kappa shape index (κ2) is 6.70. The number of fused-ring (bicyclic) bond motifs is 1. The number of hydrogen-bond acceptors (Lipinski definition) is 2. The number of carbonyl (C=O) groups excluding carboxylic acids is 1. The van der Waals surface area contributed by atoms with Crippen LogP contribution < -0.4 is 10.1 Å². The van der Waals surface area contributed by atoms with Crippen molar-refractivity contribution in [2.45, 2.75) is 13.0 Å². The standard InChI is InChI=1S/C17H12F5NO2/c18-12-10(13(19)15(21)16(22)14(12)20)6-23-17(24)9-5-8-3-1-2-4-11(8)25-7-9/h1-4,9H,5-7H2,(H,23,24). The Morgan fingerprint density at radius 3 is 2.28 bits per heavy atom. The summed E-state index contributed by atoms with van der Waals surface area (Å²) in [6.45, 7) is -0.761. The van der Waals surface area contributed by atoms with Gasteiger partial charge in [0.2, 0.25) is 11.7 Å². The number of carbonyl (C=O) groups is 1. The number of benzene rings is 2. The van der Waals surface area contributed by atoms with Gasteiger partial charge in [0.15, 0.2) is 23.3 Å². The molecule has 0 aromatic heterocycles. The quantitative estimate of drug-likeness (QED) is 0.520. The van der Waals surface area contributed by atoms with Gasteiger partial charge in [0.1, 0.15) is 12.4 Å². The molecule has 2 aromatic carbocycles. The Balaban J connectivity index is 1.72. The molecule has 0 saturated heterocycles. The van der Waals surface area contributed by atoms with Crippen LogP contribution in [-0.4, -0.2) is 12.5 Å². The summed E-state index contributed by atoms with van der Waals surface area (Å²) < 4.78 is 71.9. The number of halogens is 5. The zero-order chi connectivity index (χ0) is 18.1. The third-order valence-electron chi connectivity index (χ3n) is 3.99. The largest absolute Gasteiger partial charge is 0.492 e. The Kier molecular flexibility index (Phi) is 4.61. The van der Waals surface area contributed by atoms with Gasteiger partial charge in [-0.2, -0.15) is 0 Å². The molecular formula is C17H12F5NO2. The molecule has 0 fully saturated rings. The normalized spacial score (nSPS) is 16.1. The van der Waals surface area contributed by atoms with Gasteiger partial charge >= 0.3 is 0 Å². The molecule has 1 N–H and O–H groups in total. The Hall–Kier alpha value is -2.64. The maximum atomic E-state index is 13.6. The highest BCUT2D eigenvalue weighted by Gasteiger charge is 2.28. The minimum Gasteiger partial charge on any atom is -0.492 e. The summed E-state index contributed by atoms with van der Waals surface area (Å²) >= 11 is 0. The number of ether oxygens (including phenoxy) is 1. The van der Waals surface area contributed by atoms with Crippen LogP contribution in [0.2, 0.25) is 0 Å². The van der Waals surface area contributed by atoms with Crippen molar-refractivity contribution in [3.63, 3.8) is 0 Å². The van der Waals surface area contributed by atoms with Gasteiger partial charge in [0, 0.05) is 12.1 Å². The summed E-state index contributed by atoms with van der Waals surface area (Å²) in [5.74, 6) is -10.8. The van der Waals surface area contributed by atoms with E-state index in [-0.39, 0.29) is 6.61 Å². The molecule has 25 heavy (non-hydrogen) atoms. The topological polar surface area (TPSA) is 38.3 Å². The van der Waals surface area contributed by atoms with Gasteiger partial charge in [0.25, 0.3) is 0 Å². The first-order valence-corrected chi connectivity index (χ1v) is 7.39. The van der Waals surface area contributed by atoms with Crippen molar-refractivity contribution in [2.75, 3.05) is 6.61 Å². The fraction of sp³-hybridized carbons (Fsp3) is 0.235. The van der Waals surface area contributed by atoms with Gasteiger partial charge in [0.05, 0.1) is 5.92 Å². The first kappa shape index (κ1) is 17.2. The third kappa shape index (κ3) is 3.16. The number of amides is 1. The molecule has 1 unspecified atom stereocenters. The molecule has 0 spiro atoms. The molecule has 1 aliphatic rings. The van der Waals surface area contributed by atoms with Crippen molar-refractivity contribution in [1.29, 1.82) is 0 Å². The maximum absolute atomic E-state index is 13.6. The van der Waals surface area contributed by atoms with E-state index < -0.39 is 53.0 Å². The predicted molar refractivity (Wildman–Crippen MR) is 77.2 cm³/mol. The van der Waals surface area contributed by atoms with Crippen LogP contribution in [0.25, 0.3) is 0 Å².